The van der Waals surface area contributed by atoms with Crippen LogP contribution >= 0.6 is 11.3 Å². The molecule has 1 aliphatic heterocycles. The third-order valence-electron chi connectivity index (χ3n) is 6.79. The lowest BCUT2D eigenvalue weighted by Crippen LogP contribution is -2.56. The second-order valence-corrected chi connectivity index (χ2v) is 12.2. The first-order valence-corrected chi connectivity index (χ1v) is 14.5. The van der Waals surface area contributed by atoms with Gasteiger partial charge in [-0.1, -0.05) is 60.7 Å². The molecule has 9 nitrogen and oxygen atoms in total. The van der Waals surface area contributed by atoms with Crippen molar-refractivity contribution in [2.24, 2.45) is 5.73 Å². The Labute approximate surface area is 244 Å². The highest BCUT2D eigenvalue weighted by molar-refractivity contribution is 7.14. The Morgan fingerprint density at radius 3 is 2.17 bits per heavy atom. The number of nitrogens with zero attached hydrogens (tertiary/aromatic N) is 1. The Morgan fingerprint density at radius 1 is 1.02 bits per heavy atom. The number of rotatable bonds is 9. The predicted molar refractivity (Wildman–Crippen MR) is 160 cm³/mol. The number of nitrogens with two attached hydrogens (primary N) is 1. The van der Waals surface area contributed by atoms with Crippen molar-refractivity contribution >= 4 is 35.1 Å². The molecule has 0 radical (unpaired) electrons. The summed E-state index contributed by atoms with van der Waals surface area (Å²) in [7, 11) is 0. The molecule has 5 N–H and O–H groups in total. The van der Waals surface area contributed by atoms with Gasteiger partial charge in [0.15, 0.2) is 0 Å². The van der Waals surface area contributed by atoms with Crippen LogP contribution in [-0.2, 0) is 20.9 Å². The first-order chi connectivity index (χ1) is 19.5. The monoisotopic (exact) mass is 575 g/mol. The van der Waals surface area contributed by atoms with Crippen molar-refractivity contribution in [3.63, 3.8) is 0 Å². The van der Waals surface area contributed by atoms with Crippen molar-refractivity contribution in [3.05, 3.63) is 93.7 Å². The van der Waals surface area contributed by atoms with Crippen LogP contribution in [0, 0.1) is 5.41 Å². The minimum atomic E-state index is -1.02. The van der Waals surface area contributed by atoms with Crippen LogP contribution in [-0.4, -0.2) is 52.9 Å². The molecule has 1 aliphatic rings. The fourth-order valence-corrected chi connectivity index (χ4v) is 5.82. The van der Waals surface area contributed by atoms with Gasteiger partial charge < -0.3 is 26.0 Å². The van der Waals surface area contributed by atoms with Gasteiger partial charge in [0.05, 0.1) is 11.4 Å². The molecule has 2 atom stereocenters. The zero-order chi connectivity index (χ0) is 29.6. The number of amides is 3. The second kappa shape index (κ2) is 13.0. The predicted octanol–water partition coefficient (Wildman–Crippen LogP) is 4.36. The van der Waals surface area contributed by atoms with Gasteiger partial charge in [0, 0.05) is 17.3 Å². The Hall–Kier alpha value is -4.18. The van der Waals surface area contributed by atoms with Crippen LogP contribution in [0.15, 0.2) is 72.8 Å². The topological polar surface area (TPSA) is 138 Å². The Balaban J connectivity index is 1.62. The maximum atomic E-state index is 14.3. The van der Waals surface area contributed by atoms with Crippen molar-refractivity contribution in [2.45, 2.75) is 63.8 Å². The van der Waals surface area contributed by atoms with E-state index in [0.717, 1.165) is 16.0 Å². The van der Waals surface area contributed by atoms with E-state index in [-0.39, 0.29) is 24.2 Å². The van der Waals surface area contributed by atoms with Crippen LogP contribution < -0.4 is 16.4 Å². The third kappa shape index (κ3) is 7.73. The van der Waals surface area contributed by atoms with E-state index in [1.165, 1.54) is 11.3 Å². The van der Waals surface area contributed by atoms with Gasteiger partial charge in [0.25, 0.3) is 0 Å². The average molecular weight is 576 g/mol. The molecular formula is C31H37N5O4S. The van der Waals surface area contributed by atoms with Crippen molar-refractivity contribution in [2.75, 3.05) is 6.54 Å². The summed E-state index contributed by atoms with van der Waals surface area (Å²) in [5.41, 5.74) is 6.51. The molecule has 0 aliphatic carbocycles. The van der Waals surface area contributed by atoms with E-state index in [0.29, 0.717) is 24.3 Å². The first-order valence-electron chi connectivity index (χ1n) is 13.6. The molecule has 41 heavy (non-hydrogen) atoms. The summed E-state index contributed by atoms with van der Waals surface area (Å²) in [6.45, 7) is 5.97. The molecule has 3 aromatic rings. The van der Waals surface area contributed by atoms with Gasteiger partial charge in [0.1, 0.15) is 23.5 Å². The number of hydrogen-bond acceptors (Lipinski definition) is 6. The summed E-state index contributed by atoms with van der Waals surface area (Å²) >= 11 is 1.34. The molecule has 0 bridgehead atoms. The summed E-state index contributed by atoms with van der Waals surface area (Å²) in [6, 6.07) is 21.0. The number of likely N-dealkylation sites (tertiary alicyclic amines) is 1. The first kappa shape index (κ1) is 29.8. The lowest BCUT2D eigenvalue weighted by Gasteiger charge is -2.34. The molecule has 1 saturated heterocycles. The minimum Gasteiger partial charge on any atom is -0.444 e. The highest BCUT2D eigenvalue weighted by Gasteiger charge is 2.42. The maximum absolute atomic E-state index is 14.3. The molecule has 1 aromatic heterocycles. The number of amidine groups is 1. The molecule has 4 rings (SSSR count). The van der Waals surface area contributed by atoms with Crippen LogP contribution in [0.5, 0.6) is 0 Å². The van der Waals surface area contributed by atoms with Gasteiger partial charge >= 0.3 is 6.09 Å². The number of carbonyl (C=O) groups is 3. The number of nitrogen functional groups attached to an aromatic ring is 1. The third-order valence-corrected chi connectivity index (χ3v) is 7.91. The second-order valence-electron chi connectivity index (χ2n) is 11.0. The average Bonchev–Trinajstić information content (AvgIpc) is 3.62. The van der Waals surface area contributed by atoms with Crippen molar-refractivity contribution < 1.29 is 19.1 Å². The summed E-state index contributed by atoms with van der Waals surface area (Å²) < 4.78 is 5.56. The smallest absolute Gasteiger partial charge is 0.408 e. The van der Waals surface area contributed by atoms with Crippen molar-refractivity contribution in [1.82, 2.24) is 15.5 Å². The Morgan fingerprint density at radius 2 is 1.63 bits per heavy atom. The van der Waals surface area contributed by atoms with E-state index in [2.05, 4.69) is 10.6 Å². The minimum absolute atomic E-state index is 0.0185. The van der Waals surface area contributed by atoms with Gasteiger partial charge in [0.2, 0.25) is 11.8 Å². The van der Waals surface area contributed by atoms with E-state index in [4.69, 9.17) is 15.9 Å². The van der Waals surface area contributed by atoms with Gasteiger partial charge in [-0.25, -0.2) is 4.79 Å². The van der Waals surface area contributed by atoms with Gasteiger partial charge in [-0.05, 0) is 56.9 Å². The van der Waals surface area contributed by atoms with Crippen molar-refractivity contribution in [1.29, 1.82) is 5.41 Å². The number of carbonyl (C=O) groups excluding carboxylic acids is 3. The largest absolute Gasteiger partial charge is 0.444 e. The molecule has 3 amide bonds. The summed E-state index contributed by atoms with van der Waals surface area (Å²) in [5, 5.41) is 13.4. The molecular weight excluding hydrogens is 538 g/mol. The van der Waals surface area contributed by atoms with E-state index < -0.39 is 29.7 Å². The van der Waals surface area contributed by atoms with Crippen LogP contribution in [0.3, 0.4) is 0 Å². The quantitative estimate of drug-likeness (QED) is 0.222. The zero-order valence-corrected chi connectivity index (χ0v) is 24.4. The van der Waals surface area contributed by atoms with Crippen LogP contribution in [0.2, 0.25) is 0 Å². The van der Waals surface area contributed by atoms with Gasteiger partial charge in [-0.2, -0.15) is 0 Å². The normalized spacial score (nSPS) is 15.8. The molecule has 2 heterocycles. The summed E-state index contributed by atoms with van der Waals surface area (Å²) in [5.74, 6) is -1.14. The van der Waals surface area contributed by atoms with Crippen LogP contribution in [0.1, 0.15) is 60.4 Å². The standard InChI is InChI=1S/C31H37N5O4S/c1-31(2,3)40-30(39)35-26(25(20-11-6-4-7-12-20)21-13-8-5-9-14-21)29(38)36-18-10-15-23(36)28(37)34-19-22-16-17-24(41-22)27(32)33/h4-9,11-14,16-17,23,25-26H,10,15,18-19H2,1-3H3,(H3,32,33)(H,34,37)(H,35,39). The fourth-order valence-electron chi connectivity index (χ4n) is 5.01. The fraction of sp³-hybridized carbons (Fsp3) is 0.355. The molecule has 0 spiro atoms. The molecule has 10 heteroatoms. The Bertz CT molecular complexity index is 1330. The Kier molecular flexibility index (Phi) is 9.44. The zero-order valence-electron chi connectivity index (χ0n) is 23.6. The number of nitrogens with one attached hydrogen (secondary N) is 3. The molecule has 2 unspecified atom stereocenters. The van der Waals surface area contributed by atoms with E-state index in [1.807, 2.05) is 66.7 Å². The molecule has 216 valence electrons. The van der Waals surface area contributed by atoms with E-state index in [1.54, 1.807) is 31.7 Å². The maximum Gasteiger partial charge on any atom is 0.408 e. The number of hydrogen-bond donors (Lipinski definition) is 4. The summed E-state index contributed by atoms with van der Waals surface area (Å²) in [6.07, 6.45) is 0.478. The van der Waals surface area contributed by atoms with E-state index in [9.17, 15) is 14.4 Å². The molecule has 0 saturated carbocycles. The lowest BCUT2D eigenvalue weighted by molar-refractivity contribution is -0.140. The summed E-state index contributed by atoms with van der Waals surface area (Å²) in [4.78, 5) is 43.8. The lowest BCUT2D eigenvalue weighted by atomic mass is 9.84. The van der Waals surface area contributed by atoms with Crippen LogP contribution in [0.25, 0.3) is 0 Å². The van der Waals surface area contributed by atoms with Crippen LogP contribution in [0.4, 0.5) is 4.79 Å². The number of benzene rings is 2. The molecule has 2 aromatic carbocycles. The SMILES string of the molecule is CC(C)(C)OC(=O)NC(C(=O)N1CCCC1C(=O)NCc1ccc(C(=N)N)s1)C(c1ccccc1)c1ccccc1. The number of thiophene rings is 1. The van der Waals surface area contributed by atoms with Gasteiger partial charge in [-0.3, -0.25) is 15.0 Å². The van der Waals surface area contributed by atoms with E-state index >= 15 is 0 Å². The number of alkyl carbamates (subject to hydrolysis) is 1. The van der Waals surface area contributed by atoms with Crippen molar-refractivity contribution in [3.8, 4) is 0 Å². The highest BCUT2D eigenvalue weighted by Crippen LogP contribution is 2.31. The molecule has 1 fully saturated rings. The highest BCUT2D eigenvalue weighted by atomic mass is 32.1. The number of ether oxygens (including phenoxy) is 1. The van der Waals surface area contributed by atoms with Gasteiger partial charge in [-0.15, -0.1) is 11.3 Å².